The number of hydrogen-bond acceptors (Lipinski definition) is 5. The lowest BCUT2D eigenvalue weighted by atomic mass is 10.00. The maximum atomic E-state index is 12.2. The summed E-state index contributed by atoms with van der Waals surface area (Å²) < 4.78 is 14.0. The van der Waals surface area contributed by atoms with Gasteiger partial charge in [0.1, 0.15) is 0 Å². The second kappa shape index (κ2) is 7.88. The van der Waals surface area contributed by atoms with Crippen molar-refractivity contribution >= 4 is 27.2 Å². The molecular formula is C26H23N4O2S-. The number of fused-ring (bicyclic) bond motifs is 2. The fraction of sp³-hybridized carbons (Fsp3) is 0.154. The number of hydrogen-bond donors (Lipinski definition) is 1. The molecule has 1 aliphatic carbocycles. The molecule has 0 radical (unpaired) electrons. The maximum Gasteiger partial charge on any atom is 0.162 e. The fourth-order valence-electron chi connectivity index (χ4n) is 4.39. The molecule has 6 rings (SSSR count). The lowest BCUT2D eigenvalue weighted by molar-refractivity contribution is 0.687. The Hall–Kier alpha value is -3.39. The Balaban J connectivity index is 0.00000228. The summed E-state index contributed by atoms with van der Waals surface area (Å²) in [6.45, 7) is 0. The molecule has 0 bridgehead atoms. The molecule has 0 saturated heterocycles. The van der Waals surface area contributed by atoms with Crippen LogP contribution in [0.2, 0.25) is 0 Å². The molecule has 0 spiro atoms. The molecule has 3 aromatic carbocycles. The second-order valence-corrected chi connectivity index (χ2v) is 9.86. The highest BCUT2D eigenvalue weighted by atomic mass is 32.2. The van der Waals surface area contributed by atoms with Gasteiger partial charge in [0.25, 0.3) is 0 Å². The van der Waals surface area contributed by atoms with Crippen LogP contribution in [-0.4, -0.2) is 30.5 Å². The van der Waals surface area contributed by atoms with Gasteiger partial charge in [-0.15, -0.1) is 0 Å². The van der Waals surface area contributed by atoms with Crippen LogP contribution < -0.4 is 5.73 Å². The molecule has 1 atom stereocenters. The predicted octanol–water partition coefficient (Wildman–Crippen LogP) is 4.72. The van der Waals surface area contributed by atoms with Crippen LogP contribution in [0, 0.1) is 0 Å². The average Bonchev–Trinajstić information content (AvgIpc) is 3.44. The van der Waals surface area contributed by atoms with E-state index in [1.807, 2.05) is 53.4 Å². The van der Waals surface area contributed by atoms with E-state index in [2.05, 4.69) is 35.4 Å². The molecule has 1 aliphatic rings. The Labute approximate surface area is 193 Å². The maximum absolute atomic E-state index is 12.2. The molecule has 2 heterocycles. The lowest BCUT2D eigenvalue weighted by Gasteiger charge is -2.10. The summed E-state index contributed by atoms with van der Waals surface area (Å²) in [4.78, 5) is 5.60. The molecule has 6 nitrogen and oxygen atoms in total. The van der Waals surface area contributed by atoms with Crippen molar-refractivity contribution in [3.05, 3.63) is 84.8 Å². The molecular weight excluding hydrogens is 432 g/mol. The minimum absolute atomic E-state index is 0. The first-order valence-electron chi connectivity index (χ1n) is 10.6. The van der Waals surface area contributed by atoms with Crippen molar-refractivity contribution in [1.29, 1.82) is 0 Å². The average molecular weight is 456 g/mol. The first-order chi connectivity index (χ1) is 15.5. The first-order valence-corrected chi connectivity index (χ1v) is 12.2. The number of benzene rings is 3. The number of nitrogens with zero attached hydrogens (tertiary/aromatic N) is 3. The summed E-state index contributed by atoms with van der Waals surface area (Å²) >= 11 is 0. The molecule has 3 N–H and O–H groups in total. The van der Waals surface area contributed by atoms with Crippen LogP contribution in [0.3, 0.4) is 0 Å². The number of nitrogens with two attached hydrogens (primary N) is 1. The second-order valence-electron chi connectivity index (χ2n) is 8.51. The van der Waals surface area contributed by atoms with Crippen LogP contribution in [0.25, 0.3) is 38.7 Å². The van der Waals surface area contributed by atoms with Crippen LogP contribution in [0.1, 0.15) is 18.4 Å². The normalized spacial score (nSPS) is 15.3. The molecule has 0 amide bonds. The van der Waals surface area contributed by atoms with Gasteiger partial charge in [0.2, 0.25) is 0 Å². The van der Waals surface area contributed by atoms with Gasteiger partial charge in [0.05, 0.1) is 17.0 Å². The monoisotopic (exact) mass is 455 g/mol. The van der Waals surface area contributed by atoms with Crippen molar-refractivity contribution in [3.63, 3.8) is 0 Å². The molecule has 33 heavy (non-hydrogen) atoms. The third-order valence-electron chi connectivity index (χ3n) is 6.42. The van der Waals surface area contributed by atoms with Crippen LogP contribution in [0.5, 0.6) is 0 Å². The van der Waals surface area contributed by atoms with E-state index in [9.17, 15) is 4.21 Å². The van der Waals surface area contributed by atoms with Gasteiger partial charge in [-0.05, 0) is 46.4 Å². The van der Waals surface area contributed by atoms with Crippen molar-refractivity contribution in [3.8, 4) is 22.3 Å². The lowest BCUT2D eigenvalue weighted by Crippen LogP contribution is -2.18. The van der Waals surface area contributed by atoms with E-state index < -0.39 is 10.8 Å². The molecule has 0 aliphatic heterocycles. The first kappa shape index (κ1) is 21.5. The van der Waals surface area contributed by atoms with E-state index in [0.29, 0.717) is 0 Å². The third kappa shape index (κ3) is 3.54. The summed E-state index contributed by atoms with van der Waals surface area (Å²) in [6, 6.07) is 20.5. The summed E-state index contributed by atoms with van der Waals surface area (Å²) in [5.41, 5.74) is 12.3. The van der Waals surface area contributed by atoms with Gasteiger partial charge in [0.15, 0.2) is 5.65 Å². The van der Waals surface area contributed by atoms with Crippen LogP contribution >= 0.6 is 0 Å². The van der Waals surface area contributed by atoms with E-state index in [0.717, 1.165) is 56.4 Å². The van der Waals surface area contributed by atoms with Crippen molar-refractivity contribution < 1.29 is 9.69 Å². The van der Waals surface area contributed by atoms with Crippen LogP contribution in [0.15, 0.2) is 84.1 Å². The van der Waals surface area contributed by atoms with Gasteiger partial charge >= 0.3 is 0 Å². The highest BCUT2D eigenvalue weighted by Crippen LogP contribution is 2.43. The Kier molecular flexibility index (Phi) is 5.12. The summed E-state index contributed by atoms with van der Waals surface area (Å²) in [5, 5.41) is 6.63. The molecule has 1 fully saturated rings. The Bertz CT molecular complexity index is 1520. The number of aromatic nitrogens is 3. The molecule has 7 heteroatoms. The standard InChI is InChI=1S/C26H22N4OS.H2O/c1-32(31)24-11-10-21(20-4-2-3-5-22(20)24)23-15-29-30-16-18(14-28-25(23)30)17-6-8-19(9-7-17)26(27)12-13-26;/h2-11,14-16H,12-13,27H2,1H3;1H2/p-1. The zero-order chi connectivity index (χ0) is 21.9. The van der Waals surface area contributed by atoms with E-state index in [-0.39, 0.29) is 11.0 Å². The fourth-order valence-corrected chi connectivity index (χ4v) is 5.14. The molecule has 166 valence electrons. The smallest absolute Gasteiger partial charge is 0.162 e. The summed E-state index contributed by atoms with van der Waals surface area (Å²) in [7, 11) is -1.06. The zero-order valence-corrected chi connectivity index (χ0v) is 18.9. The highest BCUT2D eigenvalue weighted by molar-refractivity contribution is 7.84. The van der Waals surface area contributed by atoms with Gasteiger partial charge < -0.3 is 11.2 Å². The van der Waals surface area contributed by atoms with Gasteiger partial charge in [-0.1, -0.05) is 54.6 Å². The summed E-state index contributed by atoms with van der Waals surface area (Å²) in [5.74, 6) is 0. The van der Waals surface area contributed by atoms with Gasteiger partial charge in [-0.25, -0.2) is 9.50 Å². The quantitative estimate of drug-likeness (QED) is 0.422. The van der Waals surface area contributed by atoms with Gasteiger partial charge in [-0.2, -0.15) is 5.10 Å². The molecule has 5 aromatic rings. The minimum Gasteiger partial charge on any atom is -0.870 e. The van der Waals surface area contributed by atoms with E-state index in [4.69, 9.17) is 10.7 Å². The van der Waals surface area contributed by atoms with Crippen LogP contribution in [-0.2, 0) is 16.3 Å². The van der Waals surface area contributed by atoms with Crippen molar-refractivity contribution in [2.24, 2.45) is 5.73 Å². The molecule has 1 saturated carbocycles. The van der Waals surface area contributed by atoms with E-state index in [1.165, 1.54) is 5.56 Å². The largest absolute Gasteiger partial charge is 0.870 e. The van der Waals surface area contributed by atoms with Gasteiger partial charge in [0, 0.05) is 40.2 Å². The predicted molar refractivity (Wildman–Crippen MR) is 131 cm³/mol. The number of rotatable bonds is 4. The minimum atomic E-state index is -1.06. The van der Waals surface area contributed by atoms with E-state index >= 15 is 0 Å². The van der Waals surface area contributed by atoms with Crippen molar-refractivity contribution in [2.75, 3.05) is 6.26 Å². The summed E-state index contributed by atoms with van der Waals surface area (Å²) in [6.07, 6.45) is 9.57. The third-order valence-corrected chi connectivity index (χ3v) is 7.40. The highest BCUT2D eigenvalue weighted by Gasteiger charge is 2.39. The van der Waals surface area contributed by atoms with Gasteiger partial charge in [-0.3, -0.25) is 4.21 Å². The molecule has 2 aromatic heterocycles. The Morgan fingerprint density at radius 3 is 2.33 bits per heavy atom. The van der Waals surface area contributed by atoms with E-state index in [1.54, 1.807) is 6.26 Å². The Morgan fingerprint density at radius 2 is 1.64 bits per heavy atom. The van der Waals surface area contributed by atoms with Crippen LogP contribution in [0.4, 0.5) is 0 Å². The van der Waals surface area contributed by atoms with Crippen molar-refractivity contribution in [2.45, 2.75) is 23.3 Å². The SMILES string of the molecule is CS(=O)c1ccc(-c2cnn3cc(-c4ccc(C5(N)CC5)cc4)cnc23)c2ccccc12.[OH-]. The zero-order valence-electron chi connectivity index (χ0n) is 18.1. The van der Waals surface area contributed by atoms with Crippen molar-refractivity contribution in [1.82, 2.24) is 14.6 Å². The molecule has 1 unspecified atom stereocenters. The Morgan fingerprint density at radius 1 is 0.909 bits per heavy atom. The topological polar surface area (TPSA) is 103 Å².